The first-order chi connectivity index (χ1) is 12.0. The van der Waals surface area contributed by atoms with Crippen LogP contribution in [0.15, 0.2) is 48.5 Å². The first-order valence-corrected chi connectivity index (χ1v) is 8.35. The van der Waals surface area contributed by atoms with E-state index >= 15 is 0 Å². The Kier molecular flexibility index (Phi) is 6.57. The summed E-state index contributed by atoms with van der Waals surface area (Å²) in [6, 6.07) is 14.3. The number of ether oxygens (including phenoxy) is 1. The van der Waals surface area contributed by atoms with Crippen LogP contribution in [-0.2, 0) is 6.54 Å². The molecule has 0 aromatic heterocycles. The van der Waals surface area contributed by atoms with Crippen molar-refractivity contribution in [1.82, 2.24) is 10.6 Å². The molecule has 0 aliphatic heterocycles. The van der Waals surface area contributed by atoms with E-state index in [1.807, 2.05) is 38.1 Å². The van der Waals surface area contributed by atoms with Gasteiger partial charge >= 0.3 is 0 Å². The van der Waals surface area contributed by atoms with E-state index in [1.165, 1.54) is 0 Å². The van der Waals surface area contributed by atoms with Crippen LogP contribution in [0.2, 0.25) is 0 Å². The van der Waals surface area contributed by atoms with Gasteiger partial charge in [-0.2, -0.15) is 0 Å². The molecule has 0 spiro atoms. The molecule has 0 aliphatic rings. The molecule has 2 aromatic rings. The highest BCUT2D eigenvalue weighted by molar-refractivity contribution is 5.99. The van der Waals surface area contributed by atoms with E-state index in [9.17, 15) is 9.59 Å². The quantitative estimate of drug-likeness (QED) is 0.813. The summed E-state index contributed by atoms with van der Waals surface area (Å²) >= 11 is 0. The summed E-state index contributed by atoms with van der Waals surface area (Å²) in [6.07, 6.45) is 0.855. The van der Waals surface area contributed by atoms with E-state index in [2.05, 4.69) is 10.6 Å². The van der Waals surface area contributed by atoms with Gasteiger partial charge in [0, 0.05) is 23.7 Å². The van der Waals surface area contributed by atoms with Gasteiger partial charge in [0.15, 0.2) is 0 Å². The average Bonchev–Trinajstić information content (AvgIpc) is 2.66. The minimum Gasteiger partial charge on any atom is -0.497 e. The lowest BCUT2D eigenvalue weighted by Crippen LogP contribution is -2.32. The molecule has 0 heterocycles. The van der Waals surface area contributed by atoms with Crippen LogP contribution in [-0.4, -0.2) is 25.0 Å². The molecule has 25 heavy (non-hydrogen) atoms. The van der Waals surface area contributed by atoms with Crippen LogP contribution < -0.4 is 15.4 Å². The Morgan fingerprint density at radius 3 is 2.28 bits per heavy atom. The molecule has 0 aliphatic carbocycles. The summed E-state index contributed by atoms with van der Waals surface area (Å²) in [5, 5.41) is 5.76. The number of benzene rings is 2. The molecule has 0 bridgehead atoms. The summed E-state index contributed by atoms with van der Waals surface area (Å²) in [5.41, 5.74) is 1.92. The van der Waals surface area contributed by atoms with Crippen LogP contribution in [0.4, 0.5) is 0 Å². The lowest BCUT2D eigenvalue weighted by Gasteiger charge is -2.12. The van der Waals surface area contributed by atoms with Gasteiger partial charge in [-0.3, -0.25) is 9.59 Å². The Balaban J connectivity index is 1.99. The van der Waals surface area contributed by atoms with Crippen LogP contribution in [0.1, 0.15) is 46.5 Å². The average molecular weight is 340 g/mol. The van der Waals surface area contributed by atoms with Crippen molar-refractivity contribution in [3.05, 3.63) is 65.2 Å². The predicted octanol–water partition coefficient (Wildman–Crippen LogP) is 3.15. The van der Waals surface area contributed by atoms with Crippen molar-refractivity contribution in [3.63, 3.8) is 0 Å². The normalized spacial score (nSPS) is 11.5. The first kappa shape index (κ1) is 18.5. The highest BCUT2D eigenvalue weighted by Crippen LogP contribution is 2.11. The van der Waals surface area contributed by atoms with Crippen molar-refractivity contribution < 1.29 is 14.3 Å². The topological polar surface area (TPSA) is 67.4 Å². The molecule has 1 unspecified atom stereocenters. The number of methoxy groups -OCH3 is 1. The van der Waals surface area contributed by atoms with Crippen LogP contribution in [0.25, 0.3) is 0 Å². The second-order valence-electron chi connectivity index (χ2n) is 5.89. The fourth-order valence-electron chi connectivity index (χ4n) is 2.24. The first-order valence-electron chi connectivity index (χ1n) is 8.35. The van der Waals surface area contributed by atoms with Crippen molar-refractivity contribution in [2.75, 3.05) is 7.11 Å². The summed E-state index contributed by atoms with van der Waals surface area (Å²) < 4.78 is 5.11. The zero-order valence-corrected chi connectivity index (χ0v) is 14.8. The summed E-state index contributed by atoms with van der Waals surface area (Å²) in [5.74, 6) is 0.392. The van der Waals surface area contributed by atoms with E-state index in [0.29, 0.717) is 17.7 Å². The number of amides is 2. The van der Waals surface area contributed by atoms with Gasteiger partial charge in [-0.1, -0.05) is 25.1 Å². The van der Waals surface area contributed by atoms with Crippen LogP contribution >= 0.6 is 0 Å². The van der Waals surface area contributed by atoms with Gasteiger partial charge in [-0.25, -0.2) is 0 Å². The molecule has 1 atom stereocenters. The number of hydrogen-bond donors (Lipinski definition) is 2. The van der Waals surface area contributed by atoms with Crippen LogP contribution in [0.3, 0.4) is 0 Å². The molecule has 2 amide bonds. The summed E-state index contributed by atoms with van der Waals surface area (Å²) in [7, 11) is 1.61. The van der Waals surface area contributed by atoms with Crippen molar-refractivity contribution >= 4 is 11.8 Å². The molecule has 0 saturated carbocycles. The third kappa shape index (κ3) is 5.35. The number of carbonyl (C=O) groups is 2. The van der Waals surface area contributed by atoms with E-state index in [0.717, 1.165) is 17.7 Å². The molecular formula is C20H24N2O3. The Morgan fingerprint density at radius 1 is 1.04 bits per heavy atom. The zero-order valence-electron chi connectivity index (χ0n) is 14.8. The van der Waals surface area contributed by atoms with Crippen molar-refractivity contribution in [2.45, 2.75) is 32.9 Å². The minimum absolute atomic E-state index is 0.0973. The van der Waals surface area contributed by atoms with Gasteiger partial charge in [0.05, 0.1) is 7.11 Å². The Morgan fingerprint density at radius 2 is 1.68 bits per heavy atom. The highest BCUT2D eigenvalue weighted by atomic mass is 16.5. The fraction of sp³-hybridized carbons (Fsp3) is 0.300. The SMILES string of the molecule is CCC(C)NC(=O)c1cccc(C(=O)NCc2ccc(OC)cc2)c1. The number of hydrogen-bond acceptors (Lipinski definition) is 3. The number of rotatable bonds is 7. The smallest absolute Gasteiger partial charge is 0.251 e. The van der Waals surface area contributed by atoms with Crippen molar-refractivity contribution in [3.8, 4) is 5.75 Å². The second kappa shape index (κ2) is 8.87. The van der Waals surface area contributed by atoms with E-state index < -0.39 is 0 Å². The monoisotopic (exact) mass is 340 g/mol. The summed E-state index contributed by atoms with van der Waals surface area (Å²) in [6.45, 7) is 4.36. The molecule has 2 N–H and O–H groups in total. The van der Waals surface area contributed by atoms with Gasteiger partial charge in [0.2, 0.25) is 0 Å². The Bertz CT molecular complexity index is 726. The van der Waals surface area contributed by atoms with Gasteiger partial charge in [0.25, 0.3) is 11.8 Å². The second-order valence-corrected chi connectivity index (χ2v) is 5.89. The molecule has 0 saturated heterocycles. The standard InChI is InChI=1S/C20H24N2O3/c1-4-14(2)22-20(24)17-7-5-6-16(12-17)19(23)21-13-15-8-10-18(25-3)11-9-15/h5-12,14H,4,13H2,1-3H3,(H,21,23)(H,22,24). The molecule has 0 radical (unpaired) electrons. The van der Waals surface area contributed by atoms with Crippen molar-refractivity contribution in [2.24, 2.45) is 0 Å². The lowest BCUT2D eigenvalue weighted by atomic mass is 10.1. The number of carbonyl (C=O) groups excluding carboxylic acids is 2. The molecule has 2 rings (SSSR count). The molecule has 5 heteroatoms. The van der Waals surface area contributed by atoms with Crippen LogP contribution in [0.5, 0.6) is 5.75 Å². The maximum atomic E-state index is 12.3. The predicted molar refractivity (Wildman–Crippen MR) is 97.8 cm³/mol. The maximum absolute atomic E-state index is 12.3. The van der Waals surface area contributed by atoms with Crippen molar-refractivity contribution in [1.29, 1.82) is 0 Å². The molecule has 5 nitrogen and oxygen atoms in total. The number of nitrogens with one attached hydrogen (secondary N) is 2. The van der Waals surface area contributed by atoms with Gasteiger partial charge in [-0.05, 0) is 49.2 Å². The fourth-order valence-corrected chi connectivity index (χ4v) is 2.24. The third-order valence-electron chi connectivity index (χ3n) is 3.99. The van der Waals surface area contributed by atoms with E-state index in [4.69, 9.17) is 4.74 Å². The van der Waals surface area contributed by atoms with Gasteiger partial charge in [0.1, 0.15) is 5.75 Å². The van der Waals surface area contributed by atoms with Crippen LogP contribution in [0, 0.1) is 0 Å². The zero-order chi connectivity index (χ0) is 18.2. The third-order valence-corrected chi connectivity index (χ3v) is 3.99. The Hall–Kier alpha value is -2.82. The molecule has 2 aromatic carbocycles. The Labute approximate surface area is 148 Å². The van der Waals surface area contributed by atoms with E-state index in [-0.39, 0.29) is 17.9 Å². The molecular weight excluding hydrogens is 316 g/mol. The maximum Gasteiger partial charge on any atom is 0.251 e. The minimum atomic E-state index is -0.214. The largest absolute Gasteiger partial charge is 0.497 e. The molecule has 0 fully saturated rings. The highest BCUT2D eigenvalue weighted by Gasteiger charge is 2.12. The van der Waals surface area contributed by atoms with E-state index in [1.54, 1.807) is 31.4 Å². The van der Waals surface area contributed by atoms with Gasteiger partial charge in [-0.15, -0.1) is 0 Å². The van der Waals surface area contributed by atoms with Gasteiger partial charge < -0.3 is 15.4 Å². The lowest BCUT2D eigenvalue weighted by molar-refractivity contribution is 0.0939. The summed E-state index contributed by atoms with van der Waals surface area (Å²) in [4.78, 5) is 24.5. The molecule has 132 valence electrons.